The standard InChI is InChI=1S/C11H7NO4S2/c13-6-9-5-10(12(15)16)11(18-9)17-8-3-1-7(14)2-4-8/h1-6,14H. The minimum atomic E-state index is -0.508. The molecule has 0 aliphatic rings. The van der Waals surface area contributed by atoms with Gasteiger partial charge in [-0.15, -0.1) is 11.3 Å². The second-order valence-corrected chi connectivity index (χ2v) is 5.72. The maximum Gasteiger partial charge on any atom is 0.294 e. The van der Waals surface area contributed by atoms with Gasteiger partial charge in [0.2, 0.25) is 0 Å². The summed E-state index contributed by atoms with van der Waals surface area (Å²) in [4.78, 5) is 22.0. The van der Waals surface area contributed by atoms with E-state index < -0.39 is 4.92 Å². The van der Waals surface area contributed by atoms with Gasteiger partial charge in [-0.3, -0.25) is 14.9 Å². The number of nitrogens with zero attached hydrogens (tertiary/aromatic N) is 1. The number of aldehydes is 1. The number of carbonyl (C=O) groups is 1. The maximum atomic E-state index is 10.8. The highest BCUT2D eigenvalue weighted by molar-refractivity contribution is 8.01. The zero-order valence-electron chi connectivity index (χ0n) is 8.90. The predicted molar refractivity (Wildman–Crippen MR) is 68.6 cm³/mol. The molecular weight excluding hydrogens is 274 g/mol. The van der Waals surface area contributed by atoms with Crippen LogP contribution in [0.25, 0.3) is 0 Å². The Morgan fingerprint density at radius 3 is 2.56 bits per heavy atom. The van der Waals surface area contributed by atoms with Gasteiger partial charge in [0, 0.05) is 11.0 Å². The zero-order valence-corrected chi connectivity index (χ0v) is 10.5. The lowest BCUT2D eigenvalue weighted by molar-refractivity contribution is -0.387. The molecule has 0 amide bonds. The molecule has 0 saturated carbocycles. The molecule has 0 fully saturated rings. The molecule has 18 heavy (non-hydrogen) atoms. The third-order valence-electron chi connectivity index (χ3n) is 2.06. The van der Waals surface area contributed by atoms with E-state index in [2.05, 4.69) is 0 Å². The smallest absolute Gasteiger partial charge is 0.294 e. The summed E-state index contributed by atoms with van der Waals surface area (Å²) >= 11 is 2.27. The number of carbonyl (C=O) groups excluding carboxylic acids is 1. The first-order valence-electron chi connectivity index (χ1n) is 4.80. The number of hydrogen-bond acceptors (Lipinski definition) is 6. The van der Waals surface area contributed by atoms with E-state index in [9.17, 15) is 14.9 Å². The fourth-order valence-electron chi connectivity index (χ4n) is 1.26. The predicted octanol–water partition coefficient (Wildman–Crippen LogP) is 3.33. The van der Waals surface area contributed by atoms with Crippen molar-refractivity contribution in [3.05, 3.63) is 45.3 Å². The number of thiophene rings is 1. The van der Waals surface area contributed by atoms with Crippen molar-refractivity contribution in [3.8, 4) is 5.75 Å². The van der Waals surface area contributed by atoms with Gasteiger partial charge in [-0.05, 0) is 24.3 Å². The van der Waals surface area contributed by atoms with Crippen molar-refractivity contribution in [2.75, 3.05) is 0 Å². The lowest BCUT2D eigenvalue weighted by Gasteiger charge is -1.98. The molecule has 2 aromatic rings. The Bertz CT molecular complexity index is 592. The molecule has 0 saturated heterocycles. The highest BCUT2D eigenvalue weighted by Crippen LogP contribution is 2.41. The van der Waals surface area contributed by atoms with E-state index in [4.69, 9.17) is 5.11 Å². The van der Waals surface area contributed by atoms with E-state index in [-0.39, 0.29) is 11.4 Å². The third-order valence-corrected chi connectivity index (χ3v) is 4.31. The van der Waals surface area contributed by atoms with Crippen LogP contribution in [0.3, 0.4) is 0 Å². The van der Waals surface area contributed by atoms with Crippen LogP contribution in [0.15, 0.2) is 39.4 Å². The quantitative estimate of drug-likeness (QED) is 0.528. The number of aromatic hydroxyl groups is 1. The lowest BCUT2D eigenvalue weighted by atomic mass is 10.3. The number of phenols is 1. The van der Waals surface area contributed by atoms with Crippen molar-refractivity contribution in [1.82, 2.24) is 0 Å². The van der Waals surface area contributed by atoms with Crippen LogP contribution in [0.2, 0.25) is 0 Å². The average Bonchev–Trinajstić information content (AvgIpc) is 2.75. The van der Waals surface area contributed by atoms with Gasteiger partial charge in [0.05, 0.1) is 9.80 Å². The van der Waals surface area contributed by atoms with Crippen LogP contribution < -0.4 is 0 Å². The average molecular weight is 281 g/mol. The monoisotopic (exact) mass is 281 g/mol. The molecule has 0 aliphatic heterocycles. The zero-order chi connectivity index (χ0) is 13.1. The van der Waals surface area contributed by atoms with E-state index in [0.29, 0.717) is 15.4 Å². The Morgan fingerprint density at radius 2 is 2.00 bits per heavy atom. The van der Waals surface area contributed by atoms with Gasteiger partial charge in [0.15, 0.2) is 6.29 Å². The molecule has 0 unspecified atom stereocenters. The molecule has 7 heteroatoms. The molecule has 0 radical (unpaired) electrons. The Morgan fingerprint density at radius 1 is 1.33 bits per heavy atom. The van der Waals surface area contributed by atoms with Crippen molar-refractivity contribution in [1.29, 1.82) is 0 Å². The summed E-state index contributed by atoms with van der Waals surface area (Å²) in [5.74, 6) is 0.133. The molecule has 1 aromatic heterocycles. The van der Waals surface area contributed by atoms with Crippen molar-refractivity contribution in [2.24, 2.45) is 0 Å². The number of nitro groups is 1. The van der Waals surface area contributed by atoms with Crippen LogP contribution >= 0.6 is 23.1 Å². The van der Waals surface area contributed by atoms with E-state index in [1.807, 2.05) is 0 Å². The highest BCUT2D eigenvalue weighted by Gasteiger charge is 2.19. The lowest BCUT2D eigenvalue weighted by Crippen LogP contribution is -1.86. The van der Waals surface area contributed by atoms with E-state index in [1.165, 1.54) is 30.0 Å². The minimum absolute atomic E-state index is 0.0693. The largest absolute Gasteiger partial charge is 0.508 e. The molecule has 2 rings (SSSR count). The van der Waals surface area contributed by atoms with Crippen molar-refractivity contribution in [2.45, 2.75) is 9.10 Å². The Balaban J connectivity index is 2.33. The number of benzene rings is 1. The summed E-state index contributed by atoms with van der Waals surface area (Å²) in [6.07, 6.45) is 0.596. The van der Waals surface area contributed by atoms with E-state index in [0.717, 1.165) is 16.2 Å². The number of phenolic OH excluding ortho intramolecular Hbond substituents is 1. The van der Waals surface area contributed by atoms with Crippen LogP contribution in [0.1, 0.15) is 9.67 Å². The van der Waals surface area contributed by atoms with Crippen molar-refractivity contribution < 1.29 is 14.8 Å². The Kier molecular flexibility index (Phi) is 3.63. The summed E-state index contributed by atoms with van der Waals surface area (Å²) in [6.45, 7) is 0. The summed E-state index contributed by atoms with van der Waals surface area (Å²) < 4.78 is 0.452. The molecule has 92 valence electrons. The van der Waals surface area contributed by atoms with Gasteiger partial charge in [-0.1, -0.05) is 11.8 Å². The fourth-order valence-corrected chi connectivity index (χ4v) is 3.40. The summed E-state index contributed by atoms with van der Waals surface area (Å²) in [5, 5.41) is 20.0. The van der Waals surface area contributed by atoms with Crippen LogP contribution in [0.5, 0.6) is 5.75 Å². The molecule has 0 bridgehead atoms. The van der Waals surface area contributed by atoms with Crippen LogP contribution in [-0.4, -0.2) is 16.3 Å². The first kappa shape index (κ1) is 12.6. The van der Waals surface area contributed by atoms with Crippen LogP contribution in [0, 0.1) is 10.1 Å². The summed E-state index contributed by atoms with van der Waals surface area (Å²) in [6, 6.07) is 7.58. The van der Waals surface area contributed by atoms with Crippen molar-refractivity contribution in [3.63, 3.8) is 0 Å². The first-order chi connectivity index (χ1) is 8.60. The minimum Gasteiger partial charge on any atom is -0.508 e. The molecule has 1 heterocycles. The Labute approximate surface area is 110 Å². The fraction of sp³-hybridized carbons (Fsp3) is 0. The topological polar surface area (TPSA) is 80.4 Å². The second-order valence-electron chi connectivity index (χ2n) is 3.29. The maximum absolute atomic E-state index is 10.8. The van der Waals surface area contributed by atoms with Gasteiger partial charge >= 0.3 is 0 Å². The molecule has 1 N–H and O–H groups in total. The molecule has 0 aliphatic carbocycles. The molecule has 0 spiro atoms. The summed E-state index contributed by atoms with van der Waals surface area (Å²) in [7, 11) is 0. The van der Waals surface area contributed by atoms with Crippen LogP contribution in [-0.2, 0) is 0 Å². The van der Waals surface area contributed by atoms with E-state index in [1.54, 1.807) is 12.1 Å². The highest BCUT2D eigenvalue weighted by atomic mass is 32.2. The van der Waals surface area contributed by atoms with Gasteiger partial charge in [-0.2, -0.15) is 0 Å². The van der Waals surface area contributed by atoms with Crippen molar-refractivity contribution >= 4 is 35.1 Å². The molecular formula is C11H7NO4S2. The normalized spacial score (nSPS) is 10.2. The van der Waals surface area contributed by atoms with Gasteiger partial charge in [0.25, 0.3) is 5.69 Å². The Hall–Kier alpha value is -1.86. The molecule has 0 atom stereocenters. The van der Waals surface area contributed by atoms with Gasteiger partial charge in [-0.25, -0.2) is 0 Å². The second kappa shape index (κ2) is 5.19. The van der Waals surface area contributed by atoms with Crippen LogP contribution in [0.4, 0.5) is 5.69 Å². The summed E-state index contributed by atoms with van der Waals surface area (Å²) in [5.41, 5.74) is -0.0693. The van der Waals surface area contributed by atoms with Gasteiger partial charge < -0.3 is 5.11 Å². The number of rotatable bonds is 4. The first-order valence-corrected chi connectivity index (χ1v) is 6.43. The molecule has 1 aromatic carbocycles. The van der Waals surface area contributed by atoms with Gasteiger partial charge in [0.1, 0.15) is 9.96 Å². The van der Waals surface area contributed by atoms with E-state index >= 15 is 0 Å². The SMILES string of the molecule is O=Cc1cc([N+](=O)[O-])c(Sc2ccc(O)cc2)s1. The number of hydrogen-bond donors (Lipinski definition) is 1. The third kappa shape index (κ3) is 2.69. The molecule has 5 nitrogen and oxygen atoms in total.